The number of nitrogens with zero attached hydrogens (tertiary/aromatic N) is 2. The van der Waals surface area contributed by atoms with Crippen LogP contribution >= 0.6 is 0 Å². The zero-order valence-corrected chi connectivity index (χ0v) is 17.5. The number of rotatable bonds is 9. The predicted molar refractivity (Wildman–Crippen MR) is 109 cm³/mol. The monoisotopic (exact) mass is 371 g/mol. The van der Waals surface area contributed by atoms with Crippen molar-refractivity contribution in [3.63, 3.8) is 0 Å². The number of aromatic nitrogens is 2. The van der Waals surface area contributed by atoms with E-state index in [2.05, 4.69) is 37.7 Å². The molecule has 2 rings (SSSR count). The second kappa shape index (κ2) is 9.58. The number of carbonyl (C=O) groups excluding carboxylic acids is 1. The Morgan fingerprint density at radius 3 is 2.33 bits per heavy atom. The van der Waals surface area contributed by atoms with Crippen LogP contribution in [-0.2, 0) is 6.42 Å². The molecule has 1 N–H and O–H groups in total. The van der Waals surface area contributed by atoms with Crippen molar-refractivity contribution in [2.24, 2.45) is 11.8 Å². The van der Waals surface area contributed by atoms with Crippen molar-refractivity contribution in [3.05, 3.63) is 47.0 Å². The maximum absolute atomic E-state index is 13.1. The van der Waals surface area contributed by atoms with E-state index in [-0.39, 0.29) is 5.91 Å². The summed E-state index contributed by atoms with van der Waals surface area (Å²) in [5.74, 6) is 1.69. The van der Waals surface area contributed by atoms with Gasteiger partial charge in [-0.1, -0.05) is 27.7 Å². The highest BCUT2D eigenvalue weighted by atomic mass is 16.5. The molecule has 0 atom stereocenters. The first-order valence-electron chi connectivity index (χ1n) is 9.78. The summed E-state index contributed by atoms with van der Waals surface area (Å²) in [7, 11) is 0. The highest BCUT2D eigenvalue weighted by Crippen LogP contribution is 2.20. The first-order valence-corrected chi connectivity index (χ1v) is 9.78. The second-order valence-electron chi connectivity index (χ2n) is 8.11. The molecule has 0 saturated heterocycles. The summed E-state index contributed by atoms with van der Waals surface area (Å²) < 4.78 is 5.92. The summed E-state index contributed by atoms with van der Waals surface area (Å²) in [6, 6.07) is 5.78. The zero-order chi connectivity index (χ0) is 20.0. The van der Waals surface area contributed by atoms with E-state index in [9.17, 15) is 4.79 Å². The van der Waals surface area contributed by atoms with Crippen LogP contribution in [0.15, 0.2) is 24.5 Å². The Balaban J connectivity index is 2.09. The number of hydrogen-bond donors (Lipinski definition) is 1. The lowest BCUT2D eigenvalue weighted by Crippen LogP contribution is -2.37. The van der Waals surface area contributed by atoms with Crippen LogP contribution in [0.25, 0.3) is 0 Å². The lowest BCUT2D eigenvalue weighted by Gasteiger charge is -2.26. The highest BCUT2D eigenvalue weighted by molar-refractivity contribution is 5.94. The van der Waals surface area contributed by atoms with Crippen LogP contribution in [-0.4, -0.2) is 40.5 Å². The summed E-state index contributed by atoms with van der Waals surface area (Å²) >= 11 is 0. The molecule has 148 valence electrons. The molecule has 1 aromatic carbocycles. The molecule has 5 heteroatoms. The van der Waals surface area contributed by atoms with Gasteiger partial charge in [0.15, 0.2) is 0 Å². The van der Waals surface area contributed by atoms with Crippen LogP contribution in [0.4, 0.5) is 0 Å². The maximum Gasteiger partial charge on any atom is 0.254 e. The predicted octanol–water partition coefficient (Wildman–Crippen LogP) is 4.40. The first-order chi connectivity index (χ1) is 12.8. The van der Waals surface area contributed by atoms with E-state index in [1.54, 1.807) is 6.33 Å². The molecule has 0 fully saturated rings. The highest BCUT2D eigenvalue weighted by Gasteiger charge is 2.19. The third-order valence-electron chi connectivity index (χ3n) is 4.30. The number of nitrogens with one attached hydrogen (secondary N) is 1. The summed E-state index contributed by atoms with van der Waals surface area (Å²) in [5, 5.41) is 0. The van der Waals surface area contributed by atoms with Gasteiger partial charge in [0, 0.05) is 30.8 Å². The molecule has 0 aliphatic carbocycles. The number of ether oxygens (including phenoxy) is 1. The quantitative estimate of drug-likeness (QED) is 0.711. The summed E-state index contributed by atoms with van der Waals surface area (Å²) in [4.78, 5) is 22.4. The van der Waals surface area contributed by atoms with Gasteiger partial charge in [0.2, 0.25) is 0 Å². The molecule has 5 nitrogen and oxygen atoms in total. The zero-order valence-electron chi connectivity index (χ0n) is 17.5. The van der Waals surface area contributed by atoms with E-state index in [0.717, 1.165) is 42.2 Å². The Kier molecular flexibility index (Phi) is 7.45. The smallest absolute Gasteiger partial charge is 0.254 e. The van der Waals surface area contributed by atoms with Gasteiger partial charge >= 0.3 is 0 Å². The van der Waals surface area contributed by atoms with Crippen molar-refractivity contribution < 1.29 is 9.53 Å². The van der Waals surface area contributed by atoms with Crippen LogP contribution in [0, 0.1) is 25.7 Å². The number of benzene rings is 1. The second-order valence-corrected chi connectivity index (χ2v) is 8.11. The molecule has 1 heterocycles. The Labute approximate surface area is 163 Å². The average molecular weight is 372 g/mol. The molecule has 0 aliphatic heterocycles. The van der Waals surface area contributed by atoms with Crippen molar-refractivity contribution >= 4 is 5.91 Å². The molecule has 0 unspecified atom stereocenters. The minimum absolute atomic E-state index is 0.0779. The number of carbonyl (C=O) groups is 1. The fourth-order valence-electron chi connectivity index (χ4n) is 3.16. The fraction of sp³-hybridized carbons (Fsp3) is 0.545. The molecule has 0 aliphatic rings. The van der Waals surface area contributed by atoms with E-state index >= 15 is 0 Å². The van der Waals surface area contributed by atoms with Gasteiger partial charge in [0.05, 0.1) is 18.6 Å². The number of imidazole rings is 1. The van der Waals surface area contributed by atoms with E-state index in [0.29, 0.717) is 24.0 Å². The van der Waals surface area contributed by atoms with Gasteiger partial charge in [-0.25, -0.2) is 4.98 Å². The number of aryl methyl sites for hydroxylation is 2. The maximum atomic E-state index is 13.1. The Hall–Kier alpha value is -2.30. The van der Waals surface area contributed by atoms with E-state index in [1.807, 2.05) is 36.9 Å². The molecule has 0 saturated carbocycles. The Morgan fingerprint density at radius 1 is 1.11 bits per heavy atom. The Morgan fingerprint density at radius 2 is 1.78 bits per heavy atom. The fourth-order valence-corrected chi connectivity index (χ4v) is 3.16. The third kappa shape index (κ3) is 6.42. The standard InChI is InChI=1S/C22H33N3O2/c1-15(2)12-25(13-16(3)4)22(26)19-9-17(5)10-20(11-19)27-8-7-21-18(6)23-14-24-21/h9-11,14-16H,7-8,12-13H2,1-6H3,(H,23,24). The van der Waals surface area contributed by atoms with Crippen LogP contribution < -0.4 is 4.74 Å². The van der Waals surface area contributed by atoms with Crippen LogP contribution in [0.3, 0.4) is 0 Å². The number of amides is 1. The Bertz CT molecular complexity index is 740. The molecular formula is C22H33N3O2. The van der Waals surface area contributed by atoms with Crippen molar-refractivity contribution in [2.75, 3.05) is 19.7 Å². The SMILES string of the molecule is Cc1cc(OCCc2nc[nH]c2C)cc(C(=O)N(CC(C)C)CC(C)C)c1. The van der Waals surface area contributed by atoms with Crippen molar-refractivity contribution in [1.29, 1.82) is 0 Å². The number of hydrogen-bond acceptors (Lipinski definition) is 3. The minimum atomic E-state index is 0.0779. The van der Waals surface area contributed by atoms with Gasteiger partial charge < -0.3 is 14.6 Å². The van der Waals surface area contributed by atoms with Crippen molar-refractivity contribution in [3.8, 4) is 5.75 Å². The molecular weight excluding hydrogens is 338 g/mol. The van der Waals surface area contributed by atoms with E-state index < -0.39 is 0 Å². The normalized spacial score (nSPS) is 11.3. The van der Waals surface area contributed by atoms with Gasteiger partial charge in [0.1, 0.15) is 5.75 Å². The van der Waals surface area contributed by atoms with E-state index in [1.165, 1.54) is 0 Å². The molecule has 0 spiro atoms. The number of H-pyrrole nitrogens is 1. The van der Waals surface area contributed by atoms with Gasteiger partial charge in [-0.05, 0) is 49.4 Å². The van der Waals surface area contributed by atoms with Crippen LogP contribution in [0.2, 0.25) is 0 Å². The first kappa shape index (κ1) is 21.0. The molecule has 0 bridgehead atoms. The topological polar surface area (TPSA) is 58.2 Å². The minimum Gasteiger partial charge on any atom is -0.493 e. The molecule has 0 radical (unpaired) electrons. The van der Waals surface area contributed by atoms with Gasteiger partial charge in [-0.3, -0.25) is 4.79 Å². The van der Waals surface area contributed by atoms with Crippen molar-refractivity contribution in [1.82, 2.24) is 14.9 Å². The molecule has 1 aromatic heterocycles. The molecule has 2 aromatic rings. The van der Waals surface area contributed by atoms with Crippen molar-refractivity contribution in [2.45, 2.75) is 48.0 Å². The number of aromatic amines is 1. The van der Waals surface area contributed by atoms with Crippen LogP contribution in [0.1, 0.15) is 55.0 Å². The third-order valence-corrected chi connectivity index (χ3v) is 4.30. The van der Waals surface area contributed by atoms with Gasteiger partial charge in [-0.2, -0.15) is 0 Å². The molecule has 27 heavy (non-hydrogen) atoms. The van der Waals surface area contributed by atoms with Crippen LogP contribution in [0.5, 0.6) is 5.75 Å². The largest absolute Gasteiger partial charge is 0.493 e. The van der Waals surface area contributed by atoms with Gasteiger partial charge in [0.25, 0.3) is 5.91 Å². The average Bonchev–Trinajstić information content (AvgIpc) is 2.97. The van der Waals surface area contributed by atoms with Gasteiger partial charge in [-0.15, -0.1) is 0 Å². The lowest BCUT2D eigenvalue weighted by atomic mass is 10.1. The summed E-state index contributed by atoms with van der Waals surface area (Å²) in [5.41, 5.74) is 3.80. The lowest BCUT2D eigenvalue weighted by molar-refractivity contribution is 0.0714. The summed E-state index contributed by atoms with van der Waals surface area (Å²) in [6.07, 6.45) is 2.44. The van der Waals surface area contributed by atoms with E-state index in [4.69, 9.17) is 4.74 Å². The molecule has 1 amide bonds. The summed E-state index contributed by atoms with van der Waals surface area (Å²) in [6.45, 7) is 14.6.